The highest BCUT2D eigenvalue weighted by Crippen LogP contribution is 2.20. The summed E-state index contributed by atoms with van der Waals surface area (Å²) >= 11 is 0. The zero-order valence-corrected chi connectivity index (χ0v) is 12.5. The number of carbonyl (C=O) groups excluding carboxylic acids is 1. The molecule has 0 spiro atoms. The molecule has 1 amide bonds. The van der Waals surface area contributed by atoms with Crippen molar-refractivity contribution in [2.75, 3.05) is 5.32 Å². The van der Waals surface area contributed by atoms with Crippen molar-refractivity contribution in [1.29, 1.82) is 0 Å². The average Bonchev–Trinajstić information content (AvgIpc) is 2.35. The Hall–Kier alpha value is -1.44. The number of sulfonamides is 1. The van der Waals surface area contributed by atoms with E-state index in [0.717, 1.165) is 0 Å². The van der Waals surface area contributed by atoms with Gasteiger partial charge in [0.25, 0.3) is 0 Å². The van der Waals surface area contributed by atoms with Crippen LogP contribution in [0.15, 0.2) is 23.1 Å². The first kappa shape index (κ1) is 16.6. The Kier molecular flexibility index (Phi) is 5.67. The Bertz CT molecular complexity index is 583. The summed E-state index contributed by atoms with van der Waals surface area (Å²) in [6.07, 6.45) is 1.41. The molecule has 1 aromatic rings. The second-order valence-electron chi connectivity index (χ2n) is 4.79. The third-order valence-corrected chi connectivity index (χ3v) is 3.86. The largest absolute Gasteiger partial charge is 0.328 e. The fourth-order valence-electron chi connectivity index (χ4n) is 1.77. The van der Waals surface area contributed by atoms with E-state index in [4.69, 9.17) is 10.9 Å². The molecule has 5 N–H and O–H groups in total. The molecule has 7 heteroatoms. The highest BCUT2D eigenvalue weighted by molar-refractivity contribution is 7.89. The lowest BCUT2D eigenvalue weighted by Gasteiger charge is -2.10. The molecule has 0 bridgehead atoms. The maximum absolute atomic E-state index is 11.7. The zero-order valence-electron chi connectivity index (χ0n) is 11.7. The van der Waals surface area contributed by atoms with E-state index in [0.29, 0.717) is 24.1 Å². The van der Waals surface area contributed by atoms with Gasteiger partial charge in [0, 0.05) is 18.2 Å². The third-order valence-electron chi connectivity index (χ3n) is 2.87. The Morgan fingerprint density at radius 3 is 2.55 bits per heavy atom. The minimum Gasteiger partial charge on any atom is -0.328 e. The standard InChI is InChI=1S/C13H21N3O3S/c1-3-10-5-6-11(8-12(10)20(15,18)19)16-13(17)7-4-9(2)14/h5-6,8-9H,3-4,7,14H2,1-2H3,(H,16,17)(H2,15,18,19). The molecule has 6 nitrogen and oxygen atoms in total. The molecule has 0 heterocycles. The van der Waals surface area contributed by atoms with Gasteiger partial charge in [0.1, 0.15) is 0 Å². The predicted molar refractivity (Wildman–Crippen MR) is 78.7 cm³/mol. The number of primary sulfonamides is 1. The molecule has 20 heavy (non-hydrogen) atoms. The van der Waals surface area contributed by atoms with E-state index in [-0.39, 0.29) is 23.3 Å². The van der Waals surface area contributed by atoms with Crippen LogP contribution in [-0.2, 0) is 21.2 Å². The number of aryl methyl sites for hydroxylation is 1. The second-order valence-corrected chi connectivity index (χ2v) is 6.32. The lowest BCUT2D eigenvalue weighted by molar-refractivity contribution is -0.116. The van der Waals surface area contributed by atoms with Crippen LogP contribution in [0.1, 0.15) is 32.3 Å². The molecule has 0 radical (unpaired) electrons. The van der Waals surface area contributed by atoms with Gasteiger partial charge in [-0.25, -0.2) is 13.6 Å². The molecule has 0 aliphatic heterocycles. The van der Waals surface area contributed by atoms with Crippen molar-refractivity contribution in [2.24, 2.45) is 10.9 Å². The summed E-state index contributed by atoms with van der Waals surface area (Å²) in [6.45, 7) is 3.66. The van der Waals surface area contributed by atoms with Crippen molar-refractivity contribution in [3.63, 3.8) is 0 Å². The molecule has 1 unspecified atom stereocenters. The normalized spacial score (nSPS) is 13.0. The summed E-state index contributed by atoms with van der Waals surface area (Å²) in [7, 11) is -3.80. The number of rotatable bonds is 6. The van der Waals surface area contributed by atoms with Crippen molar-refractivity contribution in [3.05, 3.63) is 23.8 Å². The zero-order chi connectivity index (χ0) is 15.3. The van der Waals surface area contributed by atoms with E-state index < -0.39 is 10.0 Å². The number of benzene rings is 1. The van der Waals surface area contributed by atoms with Crippen LogP contribution in [0.25, 0.3) is 0 Å². The summed E-state index contributed by atoms with van der Waals surface area (Å²) in [5.41, 5.74) is 6.62. The Balaban J connectivity index is 2.90. The van der Waals surface area contributed by atoms with E-state index in [1.54, 1.807) is 12.1 Å². The molecule has 0 saturated carbocycles. The molecule has 0 aromatic heterocycles. The second kappa shape index (κ2) is 6.83. The Labute approximate surface area is 119 Å². The summed E-state index contributed by atoms with van der Waals surface area (Å²) in [5.74, 6) is -0.202. The summed E-state index contributed by atoms with van der Waals surface area (Å²) in [4.78, 5) is 11.7. The van der Waals surface area contributed by atoms with Crippen molar-refractivity contribution in [3.8, 4) is 0 Å². The first-order chi connectivity index (χ1) is 9.24. The number of nitrogens with one attached hydrogen (secondary N) is 1. The number of hydrogen-bond acceptors (Lipinski definition) is 4. The first-order valence-corrected chi connectivity index (χ1v) is 7.99. The quantitative estimate of drug-likeness (QED) is 0.725. The highest BCUT2D eigenvalue weighted by atomic mass is 32.2. The monoisotopic (exact) mass is 299 g/mol. The molecule has 1 aromatic carbocycles. The molecule has 1 rings (SSSR count). The van der Waals surface area contributed by atoms with Crippen LogP contribution in [0.4, 0.5) is 5.69 Å². The van der Waals surface area contributed by atoms with Crippen LogP contribution in [0.5, 0.6) is 0 Å². The number of nitrogens with two attached hydrogens (primary N) is 2. The Morgan fingerprint density at radius 1 is 1.40 bits per heavy atom. The van der Waals surface area contributed by atoms with Crippen LogP contribution in [0.2, 0.25) is 0 Å². The van der Waals surface area contributed by atoms with Gasteiger partial charge in [0.15, 0.2) is 0 Å². The molecule has 0 aliphatic rings. The maximum Gasteiger partial charge on any atom is 0.238 e. The summed E-state index contributed by atoms with van der Waals surface area (Å²) in [5, 5.41) is 7.82. The molecular weight excluding hydrogens is 278 g/mol. The number of anilines is 1. The minimum absolute atomic E-state index is 0.0463. The molecule has 112 valence electrons. The highest BCUT2D eigenvalue weighted by Gasteiger charge is 2.14. The number of hydrogen-bond donors (Lipinski definition) is 3. The van der Waals surface area contributed by atoms with Crippen molar-refractivity contribution >= 4 is 21.6 Å². The van der Waals surface area contributed by atoms with E-state index in [2.05, 4.69) is 5.32 Å². The Morgan fingerprint density at radius 2 is 2.05 bits per heavy atom. The van der Waals surface area contributed by atoms with E-state index in [1.807, 2.05) is 13.8 Å². The van der Waals surface area contributed by atoms with Gasteiger partial charge >= 0.3 is 0 Å². The van der Waals surface area contributed by atoms with Gasteiger partial charge in [-0.2, -0.15) is 0 Å². The van der Waals surface area contributed by atoms with Gasteiger partial charge in [-0.3, -0.25) is 4.79 Å². The molecule has 0 aliphatic carbocycles. The van der Waals surface area contributed by atoms with Crippen LogP contribution in [0, 0.1) is 0 Å². The number of amides is 1. The smallest absolute Gasteiger partial charge is 0.238 e. The predicted octanol–water partition coefficient (Wildman–Crippen LogP) is 0.962. The van der Waals surface area contributed by atoms with Gasteiger partial charge in [-0.15, -0.1) is 0 Å². The van der Waals surface area contributed by atoms with Crippen LogP contribution in [0.3, 0.4) is 0 Å². The third kappa shape index (κ3) is 4.92. The van der Waals surface area contributed by atoms with Gasteiger partial charge < -0.3 is 11.1 Å². The fourth-order valence-corrected chi connectivity index (χ4v) is 2.64. The molecule has 1 atom stereocenters. The minimum atomic E-state index is -3.80. The molecule has 0 fully saturated rings. The average molecular weight is 299 g/mol. The van der Waals surface area contributed by atoms with Crippen molar-refractivity contribution in [2.45, 2.75) is 44.0 Å². The molecular formula is C13H21N3O3S. The summed E-state index contributed by atoms with van der Waals surface area (Å²) in [6, 6.07) is 4.65. The van der Waals surface area contributed by atoms with E-state index in [1.165, 1.54) is 6.07 Å². The van der Waals surface area contributed by atoms with Gasteiger partial charge in [-0.05, 0) is 37.5 Å². The van der Waals surface area contributed by atoms with Gasteiger partial charge in [0.2, 0.25) is 15.9 Å². The maximum atomic E-state index is 11.7. The van der Waals surface area contributed by atoms with Crippen LogP contribution < -0.4 is 16.2 Å². The molecule has 0 saturated heterocycles. The van der Waals surface area contributed by atoms with Crippen molar-refractivity contribution in [1.82, 2.24) is 0 Å². The lowest BCUT2D eigenvalue weighted by Crippen LogP contribution is -2.20. The SMILES string of the molecule is CCc1ccc(NC(=O)CCC(C)N)cc1S(N)(=O)=O. The topological polar surface area (TPSA) is 115 Å². The first-order valence-electron chi connectivity index (χ1n) is 6.45. The van der Waals surface area contributed by atoms with Crippen molar-refractivity contribution < 1.29 is 13.2 Å². The van der Waals surface area contributed by atoms with E-state index >= 15 is 0 Å². The van der Waals surface area contributed by atoms with Crippen LogP contribution >= 0.6 is 0 Å². The lowest BCUT2D eigenvalue weighted by atomic mass is 10.1. The van der Waals surface area contributed by atoms with Crippen LogP contribution in [-0.4, -0.2) is 20.4 Å². The van der Waals surface area contributed by atoms with Gasteiger partial charge in [0.05, 0.1) is 4.90 Å². The summed E-state index contributed by atoms with van der Waals surface area (Å²) < 4.78 is 23.0. The fraction of sp³-hybridized carbons (Fsp3) is 0.462. The van der Waals surface area contributed by atoms with Gasteiger partial charge in [-0.1, -0.05) is 13.0 Å². The van der Waals surface area contributed by atoms with E-state index in [9.17, 15) is 13.2 Å². The number of carbonyl (C=O) groups is 1.